The summed E-state index contributed by atoms with van der Waals surface area (Å²) in [5.74, 6) is 1.53. The number of rotatable bonds is 2. The van der Waals surface area contributed by atoms with Gasteiger partial charge in [-0.2, -0.15) is 0 Å². The van der Waals surface area contributed by atoms with E-state index in [-0.39, 0.29) is 11.6 Å². The molecule has 1 fully saturated rings. The van der Waals surface area contributed by atoms with E-state index >= 15 is 0 Å². The maximum Gasteiger partial charge on any atom is 0.322 e. The summed E-state index contributed by atoms with van der Waals surface area (Å²) < 4.78 is 5.43. The Morgan fingerprint density at radius 1 is 1.19 bits per heavy atom. The molecular formula is C25H33N5O2. The zero-order valence-electron chi connectivity index (χ0n) is 19.6. The van der Waals surface area contributed by atoms with E-state index in [0.717, 1.165) is 35.6 Å². The van der Waals surface area contributed by atoms with E-state index in [0.29, 0.717) is 24.5 Å². The highest BCUT2D eigenvalue weighted by Crippen LogP contribution is 2.37. The summed E-state index contributed by atoms with van der Waals surface area (Å²) in [6, 6.07) is 13.8. The van der Waals surface area contributed by atoms with Crippen LogP contribution >= 0.6 is 0 Å². The van der Waals surface area contributed by atoms with Gasteiger partial charge in [-0.1, -0.05) is 18.2 Å². The second-order valence-corrected chi connectivity index (χ2v) is 9.67. The number of aryl methyl sites for hydroxylation is 1. The number of amides is 2. The first-order chi connectivity index (χ1) is 15.2. The molecule has 7 nitrogen and oxygen atoms in total. The lowest BCUT2D eigenvalue weighted by molar-refractivity contribution is 0.186. The SMILES string of the molecule is COc1ccc(C)cc1NC(=O)N1CCC[C@]2(C1)Nc1ccccc1NC2=NC(C)(C)C. The first kappa shape index (κ1) is 22.0. The van der Waals surface area contributed by atoms with Crippen molar-refractivity contribution < 1.29 is 9.53 Å². The lowest BCUT2D eigenvalue weighted by atomic mass is 9.85. The number of aliphatic imine (C=N–C) groups is 1. The number of hydrogen-bond donors (Lipinski definition) is 3. The Hall–Kier alpha value is -3.22. The number of carbonyl (C=O) groups is 1. The number of nitrogens with one attached hydrogen (secondary N) is 3. The van der Waals surface area contributed by atoms with Crippen molar-refractivity contribution in [3.05, 3.63) is 48.0 Å². The largest absolute Gasteiger partial charge is 0.495 e. The van der Waals surface area contributed by atoms with Gasteiger partial charge in [0.15, 0.2) is 0 Å². The summed E-state index contributed by atoms with van der Waals surface area (Å²) in [6.07, 6.45) is 1.76. The molecule has 1 spiro atoms. The van der Waals surface area contributed by atoms with Crippen LogP contribution in [0.2, 0.25) is 0 Å². The molecule has 2 amide bonds. The summed E-state index contributed by atoms with van der Waals surface area (Å²) in [7, 11) is 1.61. The number of para-hydroxylation sites is 2. The number of anilines is 3. The number of urea groups is 1. The van der Waals surface area contributed by atoms with Crippen LogP contribution < -0.4 is 20.7 Å². The Balaban J connectivity index is 1.63. The van der Waals surface area contributed by atoms with Crippen LogP contribution in [0.15, 0.2) is 47.5 Å². The third-order valence-electron chi connectivity index (χ3n) is 5.83. The Morgan fingerprint density at radius 3 is 2.66 bits per heavy atom. The van der Waals surface area contributed by atoms with Crippen LogP contribution in [0.3, 0.4) is 0 Å². The summed E-state index contributed by atoms with van der Waals surface area (Å²) >= 11 is 0. The van der Waals surface area contributed by atoms with Crippen LogP contribution in [0.5, 0.6) is 5.75 Å². The minimum atomic E-state index is -0.464. The third-order valence-corrected chi connectivity index (χ3v) is 5.83. The Kier molecular flexibility index (Phi) is 5.75. The second kappa shape index (κ2) is 8.37. The van der Waals surface area contributed by atoms with Gasteiger partial charge in [0.05, 0.1) is 36.3 Å². The average Bonchev–Trinajstić information content (AvgIpc) is 2.74. The molecule has 0 bridgehead atoms. The van der Waals surface area contributed by atoms with E-state index < -0.39 is 5.54 Å². The first-order valence-corrected chi connectivity index (χ1v) is 11.1. The molecule has 1 atom stereocenters. The van der Waals surface area contributed by atoms with Crippen LogP contribution in [0.4, 0.5) is 21.9 Å². The molecule has 2 heterocycles. The highest BCUT2D eigenvalue weighted by atomic mass is 16.5. The highest BCUT2D eigenvalue weighted by molar-refractivity contribution is 6.10. The molecule has 0 aromatic heterocycles. The summed E-state index contributed by atoms with van der Waals surface area (Å²) in [5.41, 5.74) is 3.07. The van der Waals surface area contributed by atoms with Crippen molar-refractivity contribution in [1.29, 1.82) is 0 Å². The van der Waals surface area contributed by atoms with Crippen molar-refractivity contribution in [3.8, 4) is 5.75 Å². The minimum absolute atomic E-state index is 0.135. The molecule has 2 aromatic carbocycles. The molecule has 2 aromatic rings. The van der Waals surface area contributed by atoms with Crippen LogP contribution in [0.1, 0.15) is 39.2 Å². The normalized spacial score (nSPS) is 21.5. The number of amidine groups is 1. The molecule has 0 radical (unpaired) electrons. The average molecular weight is 436 g/mol. The molecule has 170 valence electrons. The Labute approximate surface area is 190 Å². The fourth-order valence-electron chi connectivity index (χ4n) is 4.37. The number of methoxy groups -OCH3 is 1. The molecule has 4 rings (SSSR count). The van der Waals surface area contributed by atoms with E-state index in [9.17, 15) is 4.79 Å². The van der Waals surface area contributed by atoms with Gasteiger partial charge in [-0.15, -0.1) is 0 Å². The van der Waals surface area contributed by atoms with Gasteiger partial charge in [0, 0.05) is 6.54 Å². The number of piperidine rings is 1. The van der Waals surface area contributed by atoms with Gasteiger partial charge in [-0.25, -0.2) is 4.79 Å². The predicted octanol–water partition coefficient (Wildman–Crippen LogP) is 5.10. The topological polar surface area (TPSA) is 78.0 Å². The monoisotopic (exact) mass is 435 g/mol. The number of hydrogen-bond acceptors (Lipinski definition) is 4. The zero-order chi connectivity index (χ0) is 22.9. The van der Waals surface area contributed by atoms with Crippen molar-refractivity contribution >= 4 is 28.9 Å². The molecule has 0 saturated carbocycles. The van der Waals surface area contributed by atoms with Gasteiger partial charge in [-0.05, 0) is 70.4 Å². The second-order valence-electron chi connectivity index (χ2n) is 9.67. The van der Waals surface area contributed by atoms with Gasteiger partial charge < -0.3 is 25.6 Å². The summed E-state index contributed by atoms with van der Waals surface area (Å²) in [6.45, 7) is 9.47. The number of carbonyl (C=O) groups excluding carboxylic acids is 1. The van der Waals surface area contributed by atoms with E-state index in [4.69, 9.17) is 9.73 Å². The molecule has 0 aliphatic carbocycles. The van der Waals surface area contributed by atoms with Crippen LogP contribution in [0, 0.1) is 6.92 Å². The molecule has 7 heteroatoms. The molecular weight excluding hydrogens is 402 g/mol. The number of fused-ring (bicyclic) bond motifs is 1. The lowest BCUT2D eigenvalue weighted by Crippen LogP contribution is -2.63. The van der Waals surface area contributed by atoms with Gasteiger partial charge >= 0.3 is 6.03 Å². The smallest absolute Gasteiger partial charge is 0.322 e. The van der Waals surface area contributed by atoms with Crippen molar-refractivity contribution in [2.24, 2.45) is 4.99 Å². The fourth-order valence-corrected chi connectivity index (χ4v) is 4.37. The first-order valence-electron chi connectivity index (χ1n) is 11.1. The Bertz CT molecular complexity index is 1040. The third kappa shape index (κ3) is 4.52. The van der Waals surface area contributed by atoms with Crippen molar-refractivity contribution in [3.63, 3.8) is 0 Å². The molecule has 1 saturated heterocycles. The Morgan fingerprint density at radius 2 is 1.94 bits per heavy atom. The van der Waals surface area contributed by atoms with Crippen LogP contribution in [0.25, 0.3) is 0 Å². The lowest BCUT2D eigenvalue weighted by Gasteiger charge is -2.47. The van der Waals surface area contributed by atoms with E-state index in [1.807, 2.05) is 48.2 Å². The molecule has 32 heavy (non-hydrogen) atoms. The maximum atomic E-state index is 13.3. The summed E-state index contributed by atoms with van der Waals surface area (Å²) in [5, 5.41) is 10.3. The van der Waals surface area contributed by atoms with Crippen molar-refractivity contribution in [2.75, 3.05) is 36.1 Å². The number of benzene rings is 2. The predicted molar refractivity (Wildman–Crippen MR) is 131 cm³/mol. The molecule has 2 aliphatic heterocycles. The van der Waals surface area contributed by atoms with E-state index in [2.05, 4.69) is 42.8 Å². The van der Waals surface area contributed by atoms with Crippen molar-refractivity contribution in [1.82, 2.24) is 4.90 Å². The van der Waals surface area contributed by atoms with Crippen molar-refractivity contribution in [2.45, 2.75) is 51.6 Å². The molecule has 0 unspecified atom stereocenters. The van der Waals surface area contributed by atoms with Crippen LogP contribution in [-0.4, -0.2) is 48.0 Å². The van der Waals surface area contributed by atoms with Gasteiger partial charge in [-0.3, -0.25) is 4.99 Å². The van der Waals surface area contributed by atoms with Crippen LogP contribution in [-0.2, 0) is 0 Å². The molecule has 3 N–H and O–H groups in total. The van der Waals surface area contributed by atoms with Gasteiger partial charge in [0.25, 0.3) is 0 Å². The molecule has 2 aliphatic rings. The zero-order valence-corrected chi connectivity index (χ0v) is 19.6. The van der Waals surface area contributed by atoms with E-state index in [1.165, 1.54) is 0 Å². The number of nitrogens with zero attached hydrogens (tertiary/aromatic N) is 2. The quantitative estimate of drug-likeness (QED) is 0.613. The van der Waals surface area contributed by atoms with Gasteiger partial charge in [0.2, 0.25) is 0 Å². The summed E-state index contributed by atoms with van der Waals surface area (Å²) in [4.78, 5) is 20.2. The fraction of sp³-hybridized carbons (Fsp3) is 0.440. The standard InChI is InChI=1S/C25H33N5O2/c1-17-11-12-21(32-5)20(15-17)27-23(31)30-14-8-13-25(16-30)22(29-24(2,3)4)26-18-9-6-7-10-19(18)28-25/h6-7,9-12,15,28H,8,13-14,16H2,1-5H3,(H,26,29)(H,27,31)/t25-/m1/s1. The maximum absolute atomic E-state index is 13.3. The van der Waals surface area contributed by atoms with E-state index in [1.54, 1.807) is 7.11 Å². The highest BCUT2D eigenvalue weighted by Gasteiger charge is 2.45. The number of ether oxygens (including phenoxy) is 1. The minimum Gasteiger partial charge on any atom is -0.495 e. The number of likely N-dealkylation sites (tertiary alicyclic amines) is 1. The van der Waals surface area contributed by atoms with Gasteiger partial charge in [0.1, 0.15) is 17.1 Å².